The van der Waals surface area contributed by atoms with Crippen molar-refractivity contribution >= 4 is 0 Å². The quantitative estimate of drug-likeness (QED) is 0.746. The minimum absolute atomic E-state index is 0.415. The highest BCUT2D eigenvalue weighted by Gasteiger charge is 2.31. The van der Waals surface area contributed by atoms with Crippen molar-refractivity contribution < 1.29 is 0 Å². The van der Waals surface area contributed by atoms with E-state index < -0.39 is 0 Å². The second-order valence-electron chi connectivity index (χ2n) is 5.78. The summed E-state index contributed by atoms with van der Waals surface area (Å²) in [7, 11) is 0. The minimum Gasteiger partial charge on any atom is -0.309 e. The fraction of sp³-hybridized carbons (Fsp3) is 1.00. The Bertz CT molecular complexity index is 207. The number of hydrogen-bond acceptors (Lipinski definition) is 2. The molecule has 1 saturated heterocycles. The monoisotopic (exact) mass is 224 g/mol. The average molecular weight is 224 g/mol. The first-order valence-electron chi connectivity index (χ1n) is 7.25. The lowest BCUT2D eigenvalue weighted by atomic mass is 9.90. The van der Waals surface area contributed by atoms with Gasteiger partial charge in [0.05, 0.1) is 0 Å². The van der Waals surface area contributed by atoms with Gasteiger partial charge in [-0.05, 0) is 38.1 Å². The van der Waals surface area contributed by atoms with Crippen molar-refractivity contribution in [2.24, 2.45) is 5.92 Å². The molecule has 0 bridgehead atoms. The Hall–Kier alpha value is -0.0800. The molecule has 1 heterocycles. The summed E-state index contributed by atoms with van der Waals surface area (Å²) in [4.78, 5) is 2.69. The Morgan fingerprint density at radius 2 is 2.00 bits per heavy atom. The third kappa shape index (κ3) is 3.21. The Balaban J connectivity index is 1.71. The van der Waals surface area contributed by atoms with Gasteiger partial charge in [-0.3, -0.25) is 0 Å². The third-order valence-electron chi connectivity index (χ3n) is 4.59. The minimum atomic E-state index is 0.415. The van der Waals surface area contributed by atoms with Gasteiger partial charge in [-0.15, -0.1) is 0 Å². The number of rotatable bonds is 6. The zero-order chi connectivity index (χ0) is 11.4. The smallest absolute Gasteiger partial charge is 0.0304 e. The molecule has 2 rings (SSSR count). The molecule has 1 N–H and O–H groups in total. The summed E-state index contributed by atoms with van der Waals surface area (Å²) in [6, 6.07) is 0. The predicted molar refractivity (Wildman–Crippen MR) is 69.7 cm³/mol. The van der Waals surface area contributed by atoms with Crippen molar-refractivity contribution in [3.63, 3.8) is 0 Å². The molecule has 0 atom stereocenters. The van der Waals surface area contributed by atoms with Crippen LogP contribution in [0.25, 0.3) is 0 Å². The van der Waals surface area contributed by atoms with E-state index in [4.69, 9.17) is 0 Å². The summed E-state index contributed by atoms with van der Waals surface area (Å²) < 4.78 is 0. The molecule has 0 spiro atoms. The Morgan fingerprint density at radius 1 is 1.25 bits per heavy atom. The summed E-state index contributed by atoms with van der Waals surface area (Å²) in [5.74, 6) is 1.10. The first-order chi connectivity index (χ1) is 7.78. The van der Waals surface area contributed by atoms with Gasteiger partial charge in [0, 0.05) is 25.2 Å². The molecular formula is C14H28N2. The highest BCUT2D eigenvalue weighted by atomic mass is 15.2. The summed E-state index contributed by atoms with van der Waals surface area (Å²) >= 11 is 0. The van der Waals surface area contributed by atoms with Crippen LogP contribution in [-0.4, -0.2) is 36.6 Å². The Kier molecular flexibility index (Phi) is 4.26. The van der Waals surface area contributed by atoms with E-state index in [1.807, 2.05) is 0 Å². The fourth-order valence-corrected chi connectivity index (χ4v) is 2.97. The molecule has 0 radical (unpaired) electrons. The van der Waals surface area contributed by atoms with Gasteiger partial charge in [0.2, 0.25) is 0 Å². The molecule has 2 fully saturated rings. The van der Waals surface area contributed by atoms with Crippen LogP contribution >= 0.6 is 0 Å². The maximum Gasteiger partial charge on any atom is 0.0304 e. The number of nitrogens with one attached hydrogen (secondary N) is 1. The summed E-state index contributed by atoms with van der Waals surface area (Å²) in [6.07, 6.45) is 8.46. The molecule has 0 amide bonds. The topological polar surface area (TPSA) is 15.3 Å². The zero-order valence-corrected chi connectivity index (χ0v) is 11.1. The fourth-order valence-electron chi connectivity index (χ4n) is 2.97. The van der Waals surface area contributed by atoms with Crippen LogP contribution in [0.5, 0.6) is 0 Å². The van der Waals surface area contributed by atoms with Crippen LogP contribution in [0, 0.1) is 5.92 Å². The van der Waals surface area contributed by atoms with Gasteiger partial charge in [-0.1, -0.05) is 26.7 Å². The standard InChI is InChI=1S/C14H28N2/c1-3-14(4-2)12-16(11-9-15-14)10-5-6-13-7-8-13/h13,15H,3-12H2,1-2H3. The maximum absolute atomic E-state index is 3.73. The highest BCUT2D eigenvalue weighted by molar-refractivity contribution is 4.92. The Labute approximate surface area is 101 Å². The van der Waals surface area contributed by atoms with Gasteiger partial charge in [0.25, 0.3) is 0 Å². The number of piperazine rings is 1. The van der Waals surface area contributed by atoms with Crippen molar-refractivity contribution in [1.29, 1.82) is 0 Å². The van der Waals surface area contributed by atoms with Gasteiger partial charge in [0.1, 0.15) is 0 Å². The third-order valence-corrected chi connectivity index (χ3v) is 4.59. The molecule has 0 aromatic rings. The molecule has 94 valence electrons. The first kappa shape index (κ1) is 12.4. The summed E-state index contributed by atoms with van der Waals surface area (Å²) in [6.45, 7) is 9.69. The van der Waals surface area contributed by atoms with Crippen molar-refractivity contribution in [1.82, 2.24) is 10.2 Å². The van der Waals surface area contributed by atoms with Gasteiger partial charge in [0.15, 0.2) is 0 Å². The molecular weight excluding hydrogens is 196 g/mol. The molecule has 16 heavy (non-hydrogen) atoms. The SMILES string of the molecule is CCC1(CC)CN(CCCC2CC2)CCN1. The van der Waals surface area contributed by atoms with Crippen LogP contribution in [0.4, 0.5) is 0 Å². The molecule has 2 aliphatic rings. The van der Waals surface area contributed by atoms with Gasteiger partial charge >= 0.3 is 0 Å². The van der Waals surface area contributed by atoms with Crippen molar-refractivity contribution in [2.75, 3.05) is 26.2 Å². The van der Waals surface area contributed by atoms with Crippen LogP contribution in [0.15, 0.2) is 0 Å². The normalized spacial score (nSPS) is 25.9. The van der Waals surface area contributed by atoms with Crippen molar-refractivity contribution in [2.45, 2.75) is 57.9 Å². The summed E-state index contributed by atoms with van der Waals surface area (Å²) in [5.41, 5.74) is 0.415. The van der Waals surface area contributed by atoms with E-state index in [0.717, 1.165) is 5.92 Å². The average Bonchev–Trinajstić information content (AvgIpc) is 3.13. The van der Waals surface area contributed by atoms with E-state index >= 15 is 0 Å². The van der Waals surface area contributed by atoms with E-state index in [1.54, 1.807) is 0 Å². The second kappa shape index (κ2) is 5.50. The van der Waals surface area contributed by atoms with Crippen molar-refractivity contribution in [3.05, 3.63) is 0 Å². The number of hydrogen-bond donors (Lipinski definition) is 1. The van der Waals surface area contributed by atoms with Crippen LogP contribution in [-0.2, 0) is 0 Å². The molecule has 0 aromatic heterocycles. The molecule has 0 aromatic carbocycles. The van der Waals surface area contributed by atoms with E-state index in [9.17, 15) is 0 Å². The first-order valence-corrected chi connectivity index (χ1v) is 7.25. The molecule has 2 heteroatoms. The largest absolute Gasteiger partial charge is 0.309 e. The van der Waals surface area contributed by atoms with Gasteiger partial charge in [-0.2, -0.15) is 0 Å². The highest BCUT2D eigenvalue weighted by Crippen LogP contribution is 2.33. The van der Waals surface area contributed by atoms with Crippen molar-refractivity contribution in [3.8, 4) is 0 Å². The lowest BCUT2D eigenvalue weighted by Gasteiger charge is -2.43. The second-order valence-corrected chi connectivity index (χ2v) is 5.78. The van der Waals surface area contributed by atoms with Gasteiger partial charge < -0.3 is 10.2 Å². The zero-order valence-electron chi connectivity index (χ0n) is 11.1. The number of nitrogens with zero attached hydrogens (tertiary/aromatic N) is 1. The predicted octanol–water partition coefficient (Wildman–Crippen LogP) is 2.64. The van der Waals surface area contributed by atoms with E-state index in [0.29, 0.717) is 5.54 Å². The maximum atomic E-state index is 3.73. The van der Waals surface area contributed by atoms with Crippen LogP contribution in [0.1, 0.15) is 52.4 Å². The summed E-state index contributed by atoms with van der Waals surface area (Å²) in [5, 5.41) is 3.73. The van der Waals surface area contributed by atoms with E-state index in [1.165, 1.54) is 64.7 Å². The molecule has 0 unspecified atom stereocenters. The molecule has 1 saturated carbocycles. The van der Waals surface area contributed by atoms with Crippen LogP contribution in [0.3, 0.4) is 0 Å². The van der Waals surface area contributed by atoms with E-state index in [-0.39, 0.29) is 0 Å². The molecule has 2 nitrogen and oxygen atoms in total. The van der Waals surface area contributed by atoms with Crippen LogP contribution in [0.2, 0.25) is 0 Å². The lowest BCUT2D eigenvalue weighted by molar-refractivity contribution is 0.122. The van der Waals surface area contributed by atoms with E-state index in [2.05, 4.69) is 24.1 Å². The lowest BCUT2D eigenvalue weighted by Crippen LogP contribution is -2.59. The van der Waals surface area contributed by atoms with Gasteiger partial charge in [-0.25, -0.2) is 0 Å². The van der Waals surface area contributed by atoms with Crippen LogP contribution < -0.4 is 5.32 Å². The Morgan fingerprint density at radius 3 is 2.62 bits per heavy atom. The molecule has 1 aliphatic heterocycles. The molecule has 1 aliphatic carbocycles.